The van der Waals surface area contributed by atoms with Crippen LogP contribution in [0.3, 0.4) is 0 Å². The zero-order chi connectivity index (χ0) is 15.6. The number of rotatable bonds is 4. The van der Waals surface area contributed by atoms with E-state index < -0.39 is 0 Å². The Labute approximate surface area is 128 Å². The van der Waals surface area contributed by atoms with Gasteiger partial charge in [-0.25, -0.2) is 4.39 Å². The van der Waals surface area contributed by atoms with Gasteiger partial charge >= 0.3 is 0 Å². The average molecular weight is 292 g/mol. The van der Waals surface area contributed by atoms with Gasteiger partial charge in [-0.05, 0) is 49.1 Å². The van der Waals surface area contributed by atoms with E-state index in [0.29, 0.717) is 17.9 Å². The van der Waals surface area contributed by atoms with Gasteiger partial charge in [0, 0.05) is 19.1 Å². The van der Waals surface area contributed by atoms with Gasteiger partial charge in [0.05, 0.1) is 5.69 Å². The van der Waals surface area contributed by atoms with Gasteiger partial charge in [0.1, 0.15) is 5.82 Å². The maximum atomic E-state index is 14.1. The van der Waals surface area contributed by atoms with Gasteiger partial charge in [-0.2, -0.15) is 0 Å². The van der Waals surface area contributed by atoms with Crippen LogP contribution in [0.25, 0.3) is 0 Å². The van der Waals surface area contributed by atoms with Gasteiger partial charge in [-0.15, -0.1) is 0 Å². The third kappa shape index (κ3) is 3.23. The molecule has 2 N–H and O–H groups in total. The molecule has 0 amide bonds. The molecule has 0 spiro atoms. The minimum atomic E-state index is -0.127. The van der Waals surface area contributed by atoms with Gasteiger partial charge in [0.25, 0.3) is 0 Å². The van der Waals surface area contributed by atoms with Crippen molar-refractivity contribution in [1.82, 2.24) is 0 Å². The zero-order valence-electron chi connectivity index (χ0n) is 13.8. The topological polar surface area (TPSA) is 29.3 Å². The fourth-order valence-corrected chi connectivity index (χ4v) is 3.64. The maximum absolute atomic E-state index is 14.1. The van der Waals surface area contributed by atoms with Crippen LogP contribution in [0.5, 0.6) is 0 Å². The number of anilines is 1. The molecule has 1 saturated carbocycles. The highest BCUT2D eigenvalue weighted by Crippen LogP contribution is 2.45. The van der Waals surface area contributed by atoms with Crippen LogP contribution >= 0.6 is 0 Å². The Bertz CT molecular complexity index is 472. The van der Waals surface area contributed by atoms with Crippen molar-refractivity contribution in [3.63, 3.8) is 0 Å². The quantitative estimate of drug-likeness (QED) is 0.907. The summed E-state index contributed by atoms with van der Waals surface area (Å²) >= 11 is 0. The van der Waals surface area contributed by atoms with Crippen LogP contribution in [0.4, 0.5) is 10.1 Å². The average Bonchev–Trinajstić information content (AvgIpc) is 2.46. The molecule has 3 unspecified atom stereocenters. The summed E-state index contributed by atoms with van der Waals surface area (Å²) in [4.78, 5) is 2.17. The molecule has 21 heavy (non-hydrogen) atoms. The van der Waals surface area contributed by atoms with E-state index in [9.17, 15) is 4.39 Å². The van der Waals surface area contributed by atoms with Crippen LogP contribution in [-0.4, -0.2) is 19.1 Å². The normalized spacial score (nSPS) is 28.4. The fourth-order valence-electron chi connectivity index (χ4n) is 3.64. The zero-order valence-corrected chi connectivity index (χ0v) is 13.8. The Kier molecular flexibility index (Phi) is 4.92. The Balaban J connectivity index is 2.17. The van der Waals surface area contributed by atoms with Crippen LogP contribution < -0.4 is 10.6 Å². The van der Waals surface area contributed by atoms with Crippen LogP contribution in [0, 0.1) is 23.1 Å². The maximum Gasteiger partial charge on any atom is 0.146 e. The molecule has 3 atom stereocenters. The first-order chi connectivity index (χ1) is 9.87. The largest absolute Gasteiger partial charge is 0.369 e. The molecule has 0 radical (unpaired) electrons. The second-order valence-corrected chi connectivity index (χ2v) is 7.04. The van der Waals surface area contributed by atoms with Gasteiger partial charge < -0.3 is 10.6 Å². The van der Waals surface area contributed by atoms with E-state index in [1.807, 2.05) is 12.1 Å². The Morgan fingerprint density at radius 1 is 1.29 bits per heavy atom. The molecule has 1 aromatic carbocycles. The van der Waals surface area contributed by atoms with Crippen molar-refractivity contribution >= 4 is 5.69 Å². The third-order valence-corrected chi connectivity index (χ3v) is 5.73. The number of para-hydroxylation sites is 1. The molecule has 118 valence electrons. The highest BCUT2D eigenvalue weighted by Gasteiger charge is 2.42. The molecule has 0 heterocycles. The summed E-state index contributed by atoms with van der Waals surface area (Å²) in [6.45, 7) is 10.7. The molecule has 2 nitrogen and oxygen atoms in total. The smallest absolute Gasteiger partial charge is 0.146 e. The molecule has 1 aliphatic carbocycles. The summed E-state index contributed by atoms with van der Waals surface area (Å²) < 4.78 is 14.1. The lowest BCUT2D eigenvalue weighted by Crippen LogP contribution is -2.50. The minimum Gasteiger partial charge on any atom is -0.369 e. The molecular weight excluding hydrogens is 263 g/mol. The summed E-state index contributed by atoms with van der Waals surface area (Å²) in [5.74, 6) is 0.917. The van der Waals surface area contributed by atoms with Gasteiger partial charge in [0.2, 0.25) is 0 Å². The molecule has 0 saturated heterocycles. The monoisotopic (exact) mass is 292 g/mol. The predicted octanol–water partition coefficient (Wildman–Crippen LogP) is 4.05. The second kappa shape index (κ2) is 6.35. The number of halogens is 1. The first-order valence-electron chi connectivity index (χ1n) is 8.13. The van der Waals surface area contributed by atoms with E-state index in [4.69, 9.17) is 5.73 Å². The molecule has 3 heteroatoms. The van der Waals surface area contributed by atoms with Gasteiger partial charge in [-0.3, -0.25) is 0 Å². The van der Waals surface area contributed by atoms with E-state index in [-0.39, 0.29) is 11.2 Å². The summed E-state index contributed by atoms with van der Waals surface area (Å²) in [7, 11) is 0. The Morgan fingerprint density at radius 2 is 1.95 bits per heavy atom. The van der Waals surface area contributed by atoms with Crippen LogP contribution in [-0.2, 0) is 0 Å². The molecular formula is C18H29FN2. The Morgan fingerprint density at radius 3 is 2.57 bits per heavy atom. The summed E-state index contributed by atoms with van der Waals surface area (Å²) in [5, 5.41) is 0. The highest BCUT2D eigenvalue weighted by molar-refractivity contribution is 5.47. The number of benzene rings is 1. The second-order valence-electron chi connectivity index (χ2n) is 7.04. The first kappa shape index (κ1) is 16.3. The molecule has 0 aromatic heterocycles. The lowest BCUT2D eigenvalue weighted by molar-refractivity contribution is 0.0582. The molecule has 0 bridgehead atoms. The number of hydrogen-bond acceptors (Lipinski definition) is 2. The summed E-state index contributed by atoms with van der Waals surface area (Å²) in [6.07, 6.45) is 2.20. The molecule has 1 fully saturated rings. The van der Waals surface area contributed by atoms with E-state index in [0.717, 1.165) is 31.6 Å². The minimum absolute atomic E-state index is 0.127. The van der Waals surface area contributed by atoms with E-state index in [1.54, 1.807) is 12.1 Å². The number of nitrogens with two attached hydrogens (primary N) is 1. The first-order valence-corrected chi connectivity index (χ1v) is 8.13. The third-order valence-electron chi connectivity index (χ3n) is 5.73. The van der Waals surface area contributed by atoms with Gasteiger partial charge in [0.15, 0.2) is 0 Å². The van der Waals surface area contributed by atoms with Crippen LogP contribution in [0.2, 0.25) is 0 Å². The van der Waals surface area contributed by atoms with Gasteiger partial charge in [-0.1, -0.05) is 32.9 Å². The van der Waals surface area contributed by atoms with E-state index >= 15 is 0 Å². The molecule has 0 aliphatic heterocycles. The van der Waals surface area contributed by atoms with E-state index in [2.05, 4.69) is 32.6 Å². The van der Waals surface area contributed by atoms with Crippen molar-refractivity contribution in [3.8, 4) is 0 Å². The summed E-state index contributed by atoms with van der Waals surface area (Å²) in [6, 6.07) is 7.37. The molecule has 2 rings (SSSR count). The lowest BCUT2D eigenvalue weighted by atomic mass is 9.61. The van der Waals surface area contributed by atoms with Crippen molar-refractivity contribution in [1.29, 1.82) is 0 Å². The van der Waals surface area contributed by atoms with Crippen molar-refractivity contribution in [2.45, 2.75) is 46.6 Å². The lowest BCUT2D eigenvalue weighted by Gasteiger charge is -2.48. The molecule has 1 aliphatic rings. The SMILES string of the molecule is CCN(CC1CCC(N)C(C)C1(C)C)c1ccccc1F. The molecule has 1 aromatic rings. The number of hydrogen-bond donors (Lipinski definition) is 1. The standard InChI is InChI=1S/C18H29FN2/c1-5-21(17-9-7-6-8-15(17)19)12-14-10-11-16(20)13(2)18(14,3)4/h6-9,13-14,16H,5,10-12,20H2,1-4H3. The van der Waals surface area contributed by atoms with Crippen molar-refractivity contribution in [2.24, 2.45) is 23.0 Å². The van der Waals surface area contributed by atoms with Crippen molar-refractivity contribution in [3.05, 3.63) is 30.1 Å². The fraction of sp³-hybridized carbons (Fsp3) is 0.667. The predicted molar refractivity (Wildman–Crippen MR) is 87.9 cm³/mol. The Hall–Kier alpha value is -1.09. The van der Waals surface area contributed by atoms with Crippen LogP contribution in [0.15, 0.2) is 24.3 Å². The van der Waals surface area contributed by atoms with Crippen molar-refractivity contribution in [2.75, 3.05) is 18.0 Å². The summed E-state index contributed by atoms with van der Waals surface area (Å²) in [5.41, 5.74) is 7.15. The van der Waals surface area contributed by atoms with Crippen molar-refractivity contribution < 1.29 is 4.39 Å². The number of nitrogens with zero attached hydrogens (tertiary/aromatic N) is 1. The van der Waals surface area contributed by atoms with Crippen LogP contribution in [0.1, 0.15) is 40.5 Å². The highest BCUT2D eigenvalue weighted by atomic mass is 19.1. The van der Waals surface area contributed by atoms with E-state index in [1.165, 1.54) is 0 Å².